The normalized spacial score (nSPS) is 12.7. The van der Waals surface area contributed by atoms with Crippen LogP contribution in [0.3, 0.4) is 0 Å². The fourth-order valence-corrected chi connectivity index (χ4v) is 3.48. The summed E-state index contributed by atoms with van der Waals surface area (Å²) >= 11 is 0. The summed E-state index contributed by atoms with van der Waals surface area (Å²) in [5, 5.41) is 0. The summed E-state index contributed by atoms with van der Waals surface area (Å²) in [5.74, 6) is 1.78. The molecular formula is C25H22O5. The Labute approximate surface area is 175 Å². The number of carbonyl (C=O) groups is 2. The molecule has 5 nitrogen and oxygen atoms in total. The minimum Gasteiger partial charge on any atom is -0.492 e. The molecule has 0 aliphatic carbocycles. The average molecular weight is 402 g/mol. The average Bonchev–Trinajstić information content (AvgIpc) is 2.77. The van der Waals surface area contributed by atoms with Crippen molar-refractivity contribution in [3.8, 4) is 17.2 Å². The predicted octanol–water partition coefficient (Wildman–Crippen LogP) is 5.13. The maximum atomic E-state index is 12.0. The quantitative estimate of drug-likeness (QED) is 0.554. The van der Waals surface area contributed by atoms with E-state index in [0.717, 1.165) is 23.1 Å². The first-order valence-corrected chi connectivity index (χ1v) is 9.79. The first-order valence-electron chi connectivity index (χ1n) is 9.79. The minimum atomic E-state index is -0.338. The van der Waals surface area contributed by atoms with Crippen LogP contribution in [0.5, 0.6) is 17.2 Å². The number of hydrogen-bond donors (Lipinski definition) is 0. The van der Waals surface area contributed by atoms with Crippen LogP contribution in [0, 0.1) is 6.92 Å². The van der Waals surface area contributed by atoms with Gasteiger partial charge in [0.2, 0.25) is 0 Å². The molecule has 0 atom stereocenters. The van der Waals surface area contributed by atoms with Crippen molar-refractivity contribution in [3.05, 3.63) is 88.5 Å². The van der Waals surface area contributed by atoms with E-state index >= 15 is 0 Å². The van der Waals surface area contributed by atoms with Crippen LogP contribution in [0.4, 0.5) is 0 Å². The molecule has 0 aromatic heterocycles. The molecule has 0 saturated heterocycles. The topological polar surface area (TPSA) is 61.8 Å². The molecule has 30 heavy (non-hydrogen) atoms. The van der Waals surface area contributed by atoms with E-state index in [4.69, 9.17) is 14.2 Å². The molecule has 152 valence electrons. The second-order valence-electron chi connectivity index (χ2n) is 7.20. The van der Waals surface area contributed by atoms with Gasteiger partial charge in [-0.1, -0.05) is 24.3 Å². The van der Waals surface area contributed by atoms with Gasteiger partial charge in [0, 0.05) is 12.0 Å². The molecule has 0 fully saturated rings. The van der Waals surface area contributed by atoms with Crippen molar-refractivity contribution in [1.82, 2.24) is 0 Å². The van der Waals surface area contributed by atoms with Gasteiger partial charge in [0.25, 0.3) is 0 Å². The number of rotatable bonds is 5. The fourth-order valence-electron chi connectivity index (χ4n) is 3.48. The number of ether oxygens (including phenoxy) is 3. The van der Waals surface area contributed by atoms with Gasteiger partial charge < -0.3 is 14.2 Å². The number of hydrogen-bond acceptors (Lipinski definition) is 5. The van der Waals surface area contributed by atoms with Gasteiger partial charge in [-0.25, -0.2) is 4.79 Å². The summed E-state index contributed by atoms with van der Waals surface area (Å²) in [6.07, 6.45) is 1.16. The van der Waals surface area contributed by atoms with Crippen LogP contribution in [-0.2, 0) is 11.2 Å². The van der Waals surface area contributed by atoms with E-state index in [0.29, 0.717) is 41.4 Å². The van der Waals surface area contributed by atoms with Gasteiger partial charge in [-0.3, -0.25) is 4.79 Å². The molecule has 1 heterocycles. The molecule has 5 heteroatoms. The van der Waals surface area contributed by atoms with Crippen molar-refractivity contribution in [3.63, 3.8) is 0 Å². The van der Waals surface area contributed by atoms with Crippen LogP contribution in [0.15, 0.2) is 60.7 Å². The van der Waals surface area contributed by atoms with Crippen molar-refractivity contribution in [2.45, 2.75) is 19.8 Å². The molecular weight excluding hydrogens is 380 g/mol. The predicted molar refractivity (Wildman–Crippen MR) is 113 cm³/mol. The SMILES string of the molecule is COC(=O)c1ccc(Cc2ccc(Oc3ccc4c(c3C)OCCC4=O)cc2)cc1. The number of fused-ring (bicyclic) bond motifs is 1. The standard InChI is InChI=1S/C25H22O5/c1-16-23(12-11-21-22(26)13-14-29-24(16)21)30-20-9-5-18(6-10-20)15-17-3-7-19(8-4-17)25(27)28-2/h3-12H,13-15H2,1-2H3. The number of esters is 1. The van der Waals surface area contributed by atoms with Gasteiger partial charge in [0.15, 0.2) is 5.78 Å². The van der Waals surface area contributed by atoms with Crippen molar-refractivity contribution in [2.75, 3.05) is 13.7 Å². The van der Waals surface area contributed by atoms with E-state index in [1.54, 1.807) is 18.2 Å². The third kappa shape index (κ3) is 4.06. The summed E-state index contributed by atoms with van der Waals surface area (Å²) in [4.78, 5) is 23.5. The second-order valence-corrected chi connectivity index (χ2v) is 7.20. The van der Waals surface area contributed by atoms with E-state index in [2.05, 4.69) is 0 Å². The monoisotopic (exact) mass is 402 g/mol. The van der Waals surface area contributed by atoms with Gasteiger partial charge in [-0.05, 0) is 60.9 Å². The Morgan fingerprint density at radius 2 is 1.63 bits per heavy atom. The number of methoxy groups -OCH3 is 1. The van der Waals surface area contributed by atoms with E-state index in [-0.39, 0.29) is 11.8 Å². The van der Waals surface area contributed by atoms with Crippen molar-refractivity contribution in [1.29, 1.82) is 0 Å². The maximum absolute atomic E-state index is 12.0. The Morgan fingerprint density at radius 3 is 2.30 bits per heavy atom. The third-order valence-corrected chi connectivity index (χ3v) is 5.17. The van der Waals surface area contributed by atoms with Crippen molar-refractivity contribution in [2.24, 2.45) is 0 Å². The lowest BCUT2D eigenvalue weighted by Gasteiger charge is -2.20. The van der Waals surface area contributed by atoms with E-state index < -0.39 is 0 Å². The van der Waals surface area contributed by atoms with Gasteiger partial charge in [0.05, 0.1) is 24.8 Å². The summed E-state index contributed by atoms with van der Waals surface area (Å²) in [7, 11) is 1.37. The molecule has 3 aromatic carbocycles. The Balaban J connectivity index is 1.45. The van der Waals surface area contributed by atoms with Gasteiger partial charge >= 0.3 is 5.97 Å². The zero-order valence-corrected chi connectivity index (χ0v) is 16.9. The summed E-state index contributed by atoms with van der Waals surface area (Å²) in [5.41, 5.74) is 4.22. The van der Waals surface area contributed by atoms with Gasteiger partial charge in [-0.2, -0.15) is 0 Å². The molecule has 1 aliphatic heterocycles. The van der Waals surface area contributed by atoms with Crippen LogP contribution in [0.25, 0.3) is 0 Å². The van der Waals surface area contributed by atoms with E-state index in [9.17, 15) is 9.59 Å². The van der Waals surface area contributed by atoms with Gasteiger partial charge in [-0.15, -0.1) is 0 Å². The Morgan fingerprint density at radius 1 is 0.967 bits per heavy atom. The molecule has 0 unspecified atom stereocenters. The molecule has 0 spiro atoms. The summed E-state index contributed by atoms with van der Waals surface area (Å²) < 4.78 is 16.4. The molecule has 0 N–H and O–H groups in total. The highest BCUT2D eigenvalue weighted by Gasteiger charge is 2.22. The number of ketones is 1. The lowest BCUT2D eigenvalue weighted by molar-refractivity contribution is 0.0600. The smallest absolute Gasteiger partial charge is 0.337 e. The molecule has 4 rings (SSSR count). The molecule has 0 radical (unpaired) electrons. The van der Waals surface area contributed by atoms with Crippen LogP contribution in [0.1, 0.15) is 43.8 Å². The summed E-state index contributed by atoms with van der Waals surface area (Å²) in [6, 6.07) is 18.8. The largest absolute Gasteiger partial charge is 0.492 e. The first kappa shape index (κ1) is 19.7. The Hall–Kier alpha value is -3.60. The van der Waals surface area contributed by atoms with E-state index in [1.807, 2.05) is 49.4 Å². The lowest BCUT2D eigenvalue weighted by atomic mass is 10.0. The maximum Gasteiger partial charge on any atom is 0.337 e. The van der Waals surface area contributed by atoms with E-state index in [1.165, 1.54) is 7.11 Å². The van der Waals surface area contributed by atoms with Gasteiger partial charge in [0.1, 0.15) is 17.2 Å². The molecule has 3 aromatic rings. The fraction of sp³-hybridized carbons (Fsp3) is 0.200. The van der Waals surface area contributed by atoms with Crippen LogP contribution >= 0.6 is 0 Å². The highest BCUT2D eigenvalue weighted by Crippen LogP contribution is 2.36. The lowest BCUT2D eigenvalue weighted by Crippen LogP contribution is -2.16. The third-order valence-electron chi connectivity index (χ3n) is 5.17. The highest BCUT2D eigenvalue weighted by atomic mass is 16.5. The van der Waals surface area contributed by atoms with Crippen LogP contribution < -0.4 is 9.47 Å². The zero-order chi connectivity index (χ0) is 21.1. The molecule has 1 aliphatic rings. The molecule has 0 amide bonds. The number of carbonyl (C=O) groups excluding carboxylic acids is 2. The Bertz CT molecular complexity index is 1080. The Kier molecular flexibility index (Phi) is 5.53. The number of benzene rings is 3. The summed E-state index contributed by atoms with van der Waals surface area (Å²) in [6.45, 7) is 2.31. The van der Waals surface area contributed by atoms with Crippen molar-refractivity contribution < 1.29 is 23.8 Å². The molecule has 0 bridgehead atoms. The zero-order valence-electron chi connectivity index (χ0n) is 16.9. The molecule has 0 saturated carbocycles. The van der Waals surface area contributed by atoms with Crippen molar-refractivity contribution >= 4 is 11.8 Å². The number of Topliss-reactive ketones (excluding diaryl/α,β-unsaturated/α-hetero) is 1. The second kappa shape index (κ2) is 8.41. The minimum absolute atomic E-state index is 0.106. The van der Waals surface area contributed by atoms with Crippen LogP contribution in [-0.4, -0.2) is 25.5 Å². The van der Waals surface area contributed by atoms with Crippen LogP contribution in [0.2, 0.25) is 0 Å². The first-order chi connectivity index (χ1) is 14.5. The highest BCUT2D eigenvalue weighted by molar-refractivity contribution is 6.00.